The van der Waals surface area contributed by atoms with Crippen LogP contribution in [0, 0.1) is 12.8 Å². The van der Waals surface area contributed by atoms with Crippen molar-refractivity contribution in [2.75, 3.05) is 39.9 Å². The number of carbonyl (C=O) groups is 1. The number of amides is 1. The quantitative estimate of drug-likeness (QED) is 0.725. The highest BCUT2D eigenvalue weighted by molar-refractivity contribution is 5.77. The number of aryl methyl sites for hydroxylation is 1. The standard InChI is InChI=1S/C15H25N3O3/c1-12-8-14(21-17-12)9-15(19)16-10-13-4-6-18(11-13)5-3-7-20-2/h8,13H,3-7,9-11H2,1-2H3,(H,16,19)/t13-/m0/s1. The summed E-state index contributed by atoms with van der Waals surface area (Å²) in [5, 5.41) is 6.77. The van der Waals surface area contributed by atoms with E-state index in [-0.39, 0.29) is 12.3 Å². The molecule has 21 heavy (non-hydrogen) atoms. The van der Waals surface area contributed by atoms with Gasteiger partial charge in [-0.05, 0) is 32.2 Å². The number of methoxy groups -OCH3 is 1. The van der Waals surface area contributed by atoms with E-state index in [9.17, 15) is 4.79 Å². The first-order valence-electron chi connectivity index (χ1n) is 7.57. The zero-order valence-corrected chi connectivity index (χ0v) is 12.9. The molecular weight excluding hydrogens is 270 g/mol. The number of rotatable bonds is 8. The normalized spacial score (nSPS) is 19.0. The van der Waals surface area contributed by atoms with E-state index in [2.05, 4.69) is 15.4 Å². The first kappa shape index (κ1) is 16.0. The molecule has 0 spiro atoms. The van der Waals surface area contributed by atoms with E-state index in [4.69, 9.17) is 9.26 Å². The Labute approximate surface area is 125 Å². The Bertz CT molecular complexity index is 447. The fraction of sp³-hybridized carbons (Fsp3) is 0.733. The summed E-state index contributed by atoms with van der Waals surface area (Å²) in [5.41, 5.74) is 0.806. The van der Waals surface area contributed by atoms with Gasteiger partial charge in [0, 0.05) is 39.4 Å². The lowest BCUT2D eigenvalue weighted by atomic mass is 10.1. The first-order valence-corrected chi connectivity index (χ1v) is 7.57. The summed E-state index contributed by atoms with van der Waals surface area (Å²) < 4.78 is 10.1. The van der Waals surface area contributed by atoms with Crippen LogP contribution in [0.25, 0.3) is 0 Å². The topological polar surface area (TPSA) is 67.6 Å². The third-order valence-electron chi connectivity index (χ3n) is 3.79. The van der Waals surface area contributed by atoms with Gasteiger partial charge in [0.05, 0.1) is 12.1 Å². The van der Waals surface area contributed by atoms with E-state index in [1.807, 2.05) is 6.92 Å². The minimum Gasteiger partial charge on any atom is -0.385 e. The molecule has 1 atom stereocenters. The second-order valence-electron chi connectivity index (χ2n) is 5.72. The minimum absolute atomic E-state index is 0.00369. The van der Waals surface area contributed by atoms with Crippen LogP contribution in [0.3, 0.4) is 0 Å². The van der Waals surface area contributed by atoms with Gasteiger partial charge in [0.15, 0.2) is 0 Å². The maximum atomic E-state index is 11.8. The molecule has 1 aliphatic rings. The van der Waals surface area contributed by atoms with Gasteiger partial charge in [-0.25, -0.2) is 0 Å². The van der Waals surface area contributed by atoms with Crippen molar-refractivity contribution in [3.05, 3.63) is 17.5 Å². The highest BCUT2D eigenvalue weighted by Crippen LogP contribution is 2.15. The number of hydrogen-bond donors (Lipinski definition) is 1. The predicted octanol–water partition coefficient (Wildman–Crippen LogP) is 1.00. The van der Waals surface area contributed by atoms with Crippen molar-refractivity contribution in [2.24, 2.45) is 5.92 Å². The maximum Gasteiger partial charge on any atom is 0.227 e. The molecule has 2 heterocycles. The fourth-order valence-electron chi connectivity index (χ4n) is 2.69. The lowest BCUT2D eigenvalue weighted by molar-refractivity contribution is -0.120. The second kappa shape index (κ2) is 8.14. The lowest BCUT2D eigenvalue weighted by Crippen LogP contribution is -2.32. The number of hydrogen-bond acceptors (Lipinski definition) is 5. The molecule has 6 nitrogen and oxygen atoms in total. The zero-order valence-electron chi connectivity index (χ0n) is 12.9. The van der Waals surface area contributed by atoms with E-state index in [0.717, 1.165) is 51.3 Å². The summed E-state index contributed by atoms with van der Waals surface area (Å²) >= 11 is 0. The van der Waals surface area contributed by atoms with E-state index < -0.39 is 0 Å². The molecule has 1 saturated heterocycles. The van der Waals surface area contributed by atoms with Crippen LogP contribution in [0.1, 0.15) is 24.3 Å². The summed E-state index contributed by atoms with van der Waals surface area (Å²) in [7, 11) is 1.73. The highest BCUT2D eigenvalue weighted by atomic mass is 16.5. The molecule has 1 aromatic heterocycles. The van der Waals surface area contributed by atoms with Gasteiger partial charge < -0.3 is 19.5 Å². The molecule has 118 valence electrons. The van der Waals surface area contributed by atoms with Crippen LogP contribution >= 0.6 is 0 Å². The van der Waals surface area contributed by atoms with Crippen LogP contribution in [0.5, 0.6) is 0 Å². The van der Waals surface area contributed by atoms with E-state index in [1.165, 1.54) is 0 Å². The molecular formula is C15H25N3O3. The lowest BCUT2D eigenvalue weighted by Gasteiger charge is -2.15. The van der Waals surface area contributed by atoms with Crippen LogP contribution < -0.4 is 5.32 Å². The molecule has 0 aliphatic carbocycles. The Morgan fingerprint density at radius 1 is 1.62 bits per heavy atom. The van der Waals surface area contributed by atoms with Crippen molar-refractivity contribution in [3.63, 3.8) is 0 Å². The first-order chi connectivity index (χ1) is 10.2. The van der Waals surface area contributed by atoms with Crippen LogP contribution in [0.15, 0.2) is 10.6 Å². The van der Waals surface area contributed by atoms with Gasteiger partial charge in [-0.3, -0.25) is 4.79 Å². The highest BCUT2D eigenvalue weighted by Gasteiger charge is 2.22. The van der Waals surface area contributed by atoms with Gasteiger partial charge in [-0.2, -0.15) is 0 Å². The van der Waals surface area contributed by atoms with Crippen molar-refractivity contribution in [3.8, 4) is 0 Å². The summed E-state index contributed by atoms with van der Waals surface area (Å²) in [5.74, 6) is 1.18. The second-order valence-corrected chi connectivity index (χ2v) is 5.72. The van der Waals surface area contributed by atoms with Crippen LogP contribution in [0.4, 0.5) is 0 Å². The van der Waals surface area contributed by atoms with Crippen molar-refractivity contribution in [2.45, 2.75) is 26.2 Å². The number of carbonyl (C=O) groups excluding carboxylic acids is 1. The Morgan fingerprint density at radius 3 is 3.19 bits per heavy atom. The molecule has 1 N–H and O–H groups in total. The van der Waals surface area contributed by atoms with Crippen molar-refractivity contribution < 1.29 is 14.1 Å². The van der Waals surface area contributed by atoms with Crippen molar-refractivity contribution >= 4 is 5.91 Å². The Morgan fingerprint density at radius 2 is 2.48 bits per heavy atom. The number of likely N-dealkylation sites (tertiary alicyclic amines) is 1. The van der Waals surface area contributed by atoms with E-state index in [0.29, 0.717) is 11.7 Å². The molecule has 0 radical (unpaired) electrons. The fourth-order valence-corrected chi connectivity index (χ4v) is 2.69. The molecule has 1 aromatic rings. The molecule has 0 unspecified atom stereocenters. The predicted molar refractivity (Wildman–Crippen MR) is 79.0 cm³/mol. The summed E-state index contributed by atoms with van der Waals surface area (Å²) in [4.78, 5) is 14.3. The largest absolute Gasteiger partial charge is 0.385 e. The van der Waals surface area contributed by atoms with Crippen molar-refractivity contribution in [1.82, 2.24) is 15.4 Å². The molecule has 2 rings (SSSR count). The van der Waals surface area contributed by atoms with Crippen LogP contribution in [-0.4, -0.2) is 55.9 Å². The summed E-state index contributed by atoms with van der Waals surface area (Å²) in [6, 6.07) is 1.80. The van der Waals surface area contributed by atoms with Crippen LogP contribution in [-0.2, 0) is 16.0 Å². The maximum absolute atomic E-state index is 11.8. The molecule has 6 heteroatoms. The monoisotopic (exact) mass is 295 g/mol. The SMILES string of the molecule is COCCCN1CC[C@@H](CNC(=O)Cc2cc(C)no2)C1. The third kappa shape index (κ3) is 5.47. The number of aromatic nitrogens is 1. The van der Waals surface area contributed by atoms with Gasteiger partial charge in [-0.1, -0.05) is 5.16 Å². The minimum atomic E-state index is 0.00369. The van der Waals surface area contributed by atoms with Gasteiger partial charge in [0.25, 0.3) is 0 Å². The van der Waals surface area contributed by atoms with E-state index in [1.54, 1.807) is 13.2 Å². The average Bonchev–Trinajstić information content (AvgIpc) is 3.06. The molecule has 0 bridgehead atoms. The Balaban J connectivity index is 1.61. The van der Waals surface area contributed by atoms with Gasteiger partial charge >= 0.3 is 0 Å². The van der Waals surface area contributed by atoms with Gasteiger partial charge in [-0.15, -0.1) is 0 Å². The number of nitrogens with one attached hydrogen (secondary N) is 1. The zero-order chi connectivity index (χ0) is 15.1. The summed E-state index contributed by atoms with van der Waals surface area (Å²) in [6.45, 7) is 6.66. The third-order valence-corrected chi connectivity index (χ3v) is 3.79. The van der Waals surface area contributed by atoms with Gasteiger partial charge in [0.1, 0.15) is 5.76 Å². The van der Waals surface area contributed by atoms with Crippen LogP contribution in [0.2, 0.25) is 0 Å². The Hall–Kier alpha value is -1.40. The molecule has 1 amide bonds. The molecule has 1 fully saturated rings. The Kier molecular flexibility index (Phi) is 6.20. The smallest absolute Gasteiger partial charge is 0.227 e. The van der Waals surface area contributed by atoms with Crippen molar-refractivity contribution in [1.29, 1.82) is 0 Å². The number of nitrogens with zero attached hydrogens (tertiary/aromatic N) is 2. The van der Waals surface area contributed by atoms with E-state index >= 15 is 0 Å². The average molecular weight is 295 g/mol. The molecule has 0 saturated carbocycles. The van der Waals surface area contributed by atoms with Gasteiger partial charge in [0.2, 0.25) is 5.91 Å². The molecule has 1 aliphatic heterocycles. The summed E-state index contributed by atoms with van der Waals surface area (Å²) in [6.07, 6.45) is 2.49. The molecule has 0 aromatic carbocycles. The number of ether oxygens (including phenoxy) is 1.